The third-order valence-electron chi connectivity index (χ3n) is 4.45. The van der Waals surface area contributed by atoms with Gasteiger partial charge in [-0.15, -0.1) is 0 Å². The van der Waals surface area contributed by atoms with Crippen LogP contribution in [0, 0.1) is 25.2 Å². The van der Waals surface area contributed by atoms with Crippen molar-refractivity contribution in [2.24, 2.45) is 0 Å². The summed E-state index contributed by atoms with van der Waals surface area (Å²) in [5.41, 5.74) is 5.66. The maximum atomic E-state index is 13.2. The number of ketones is 1. The van der Waals surface area contributed by atoms with Gasteiger partial charge in [-0.2, -0.15) is 5.26 Å². The molecule has 5 nitrogen and oxygen atoms in total. The maximum absolute atomic E-state index is 13.2. The van der Waals surface area contributed by atoms with Gasteiger partial charge in [-0.1, -0.05) is 6.07 Å². The lowest BCUT2D eigenvalue weighted by atomic mass is 9.97. The van der Waals surface area contributed by atoms with Crippen molar-refractivity contribution in [3.8, 4) is 6.07 Å². The van der Waals surface area contributed by atoms with Crippen molar-refractivity contribution in [3.63, 3.8) is 0 Å². The third kappa shape index (κ3) is 2.61. The molecule has 0 radical (unpaired) electrons. The van der Waals surface area contributed by atoms with Crippen molar-refractivity contribution in [2.75, 3.05) is 0 Å². The van der Waals surface area contributed by atoms with E-state index in [1.165, 1.54) is 0 Å². The number of aromatic amines is 1. The van der Waals surface area contributed by atoms with E-state index in [-0.39, 0.29) is 5.78 Å². The number of hydrogen-bond donors (Lipinski definition) is 1. The number of rotatable bonds is 3. The SMILES string of the molecule is Cc1cc(C)c2c(ccn2SI)c1C(=O)c1nc2ccc(C#N)cc2[nH]1. The maximum Gasteiger partial charge on any atom is 0.229 e. The minimum absolute atomic E-state index is 0.140. The largest absolute Gasteiger partial charge is 0.335 e. The number of hydrogen-bond acceptors (Lipinski definition) is 4. The number of aromatic nitrogens is 3. The number of nitrogens with zero attached hydrogens (tertiary/aromatic N) is 3. The summed E-state index contributed by atoms with van der Waals surface area (Å²) in [5.74, 6) is 0.150. The minimum atomic E-state index is -0.140. The van der Waals surface area contributed by atoms with Gasteiger partial charge in [0.05, 0.1) is 28.2 Å². The molecule has 0 atom stereocenters. The van der Waals surface area contributed by atoms with Crippen LogP contribution in [0.4, 0.5) is 0 Å². The number of nitriles is 1. The summed E-state index contributed by atoms with van der Waals surface area (Å²) in [6.45, 7) is 4.00. The number of imidazole rings is 1. The zero-order valence-electron chi connectivity index (χ0n) is 14.0. The van der Waals surface area contributed by atoms with Gasteiger partial charge in [0.25, 0.3) is 0 Å². The molecule has 7 heteroatoms. The van der Waals surface area contributed by atoms with Gasteiger partial charge < -0.3 is 4.98 Å². The highest BCUT2D eigenvalue weighted by Crippen LogP contribution is 2.32. The summed E-state index contributed by atoms with van der Waals surface area (Å²) in [6.07, 6.45) is 1.98. The van der Waals surface area contributed by atoms with Gasteiger partial charge in [0.1, 0.15) is 0 Å². The van der Waals surface area contributed by atoms with Crippen LogP contribution in [0.1, 0.15) is 32.9 Å². The fourth-order valence-electron chi connectivity index (χ4n) is 3.34. The second kappa shape index (κ2) is 6.45. The second-order valence-corrected chi connectivity index (χ2v) is 7.83. The Bertz CT molecular complexity index is 1230. The molecular formula is C19H13IN4OS. The van der Waals surface area contributed by atoms with E-state index in [0.717, 1.165) is 22.0 Å². The monoisotopic (exact) mass is 472 g/mol. The Kier molecular flexibility index (Phi) is 4.25. The number of H-pyrrole nitrogens is 1. The number of nitrogens with one attached hydrogen (secondary N) is 1. The quantitative estimate of drug-likeness (QED) is 0.333. The molecule has 26 heavy (non-hydrogen) atoms. The Morgan fingerprint density at radius 3 is 2.81 bits per heavy atom. The number of benzene rings is 2. The van der Waals surface area contributed by atoms with Crippen molar-refractivity contribution >= 4 is 58.0 Å². The topological polar surface area (TPSA) is 74.5 Å². The van der Waals surface area contributed by atoms with Crippen LogP contribution in [0.15, 0.2) is 36.5 Å². The summed E-state index contributed by atoms with van der Waals surface area (Å²) in [4.78, 5) is 20.7. The van der Waals surface area contributed by atoms with E-state index < -0.39 is 0 Å². The fraction of sp³-hybridized carbons (Fsp3) is 0.105. The molecule has 0 unspecified atom stereocenters. The first-order valence-corrected chi connectivity index (χ1v) is 11.2. The molecule has 2 heterocycles. The van der Waals surface area contributed by atoms with Crippen LogP contribution in [0.5, 0.6) is 0 Å². The van der Waals surface area contributed by atoms with E-state index >= 15 is 0 Å². The van der Waals surface area contributed by atoms with Crippen LogP contribution in [-0.2, 0) is 0 Å². The van der Waals surface area contributed by atoms with Gasteiger partial charge in [-0.3, -0.25) is 8.77 Å². The summed E-state index contributed by atoms with van der Waals surface area (Å²) < 4.78 is 2.05. The second-order valence-electron chi connectivity index (χ2n) is 6.12. The van der Waals surface area contributed by atoms with Gasteiger partial charge in [0.2, 0.25) is 5.78 Å². The van der Waals surface area contributed by atoms with E-state index in [4.69, 9.17) is 5.26 Å². The molecule has 0 amide bonds. The summed E-state index contributed by atoms with van der Waals surface area (Å²) in [7, 11) is 1.57. The van der Waals surface area contributed by atoms with Gasteiger partial charge >= 0.3 is 0 Å². The van der Waals surface area contributed by atoms with E-state index in [2.05, 4.69) is 48.1 Å². The molecule has 0 fully saturated rings. The van der Waals surface area contributed by atoms with Gasteiger partial charge in [0.15, 0.2) is 5.82 Å². The Balaban J connectivity index is 1.91. The summed E-state index contributed by atoms with van der Waals surface area (Å²) in [6, 6.07) is 11.3. The number of fused-ring (bicyclic) bond motifs is 2. The number of carbonyl (C=O) groups excluding carboxylic acids is 1. The highest BCUT2D eigenvalue weighted by molar-refractivity contribution is 14.2. The highest BCUT2D eigenvalue weighted by Gasteiger charge is 2.21. The Labute approximate surface area is 166 Å². The Morgan fingerprint density at radius 1 is 1.27 bits per heavy atom. The van der Waals surface area contributed by atoms with Gasteiger partial charge in [0, 0.05) is 47.5 Å². The normalized spacial score (nSPS) is 11.2. The molecular weight excluding hydrogens is 459 g/mol. The predicted octanol–water partition coefficient (Wildman–Crippen LogP) is 5.08. The standard InChI is InChI=1S/C19H13IN4OS/c1-10-7-11(2)17-13(5-6-24(17)26-20)16(10)18(25)19-22-14-4-3-12(9-21)8-15(14)23-19/h3-8H,1-2H3,(H,22,23). The van der Waals surface area contributed by atoms with Crippen LogP contribution in [0.3, 0.4) is 0 Å². The first kappa shape index (κ1) is 17.1. The van der Waals surface area contributed by atoms with E-state index in [9.17, 15) is 4.79 Å². The summed E-state index contributed by atoms with van der Waals surface area (Å²) >= 11 is 2.23. The molecule has 0 aliphatic heterocycles. The zero-order valence-corrected chi connectivity index (χ0v) is 17.0. The van der Waals surface area contributed by atoms with Crippen molar-refractivity contribution in [2.45, 2.75) is 13.8 Å². The highest BCUT2D eigenvalue weighted by atomic mass is 127. The lowest BCUT2D eigenvalue weighted by molar-refractivity contribution is 0.103. The number of halogens is 1. The molecule has 4 aromatic rings. The molecule has 0 saturated carbocycles. The van der Waals surface area contributed by atoms with Crippen LogP contribution in [-0.4, -0.2) is 19.7 Å². The molecule has 128 valence electrons. The smallest absolute Gasteiger partial charge is 0.229 e. The Morgan fingerprint density at radius 2 is 2.08 bits per heavy atom. The van der Waals surface area contributed by atoms with Crippen LogP contribution in [0.2, 0.25) is 0 Å². The molecule has 2 aromatic heterocycles. The van der Waals surface area contributed by atoms with E-state index in [1.807, 2.05) is 25.3 Å². The van der Waals surface area contributed by atoms with Crippen molar-refractivity contribution in [1.29, 1.82) is 5.26 Å². The molecule has 0 saturated heterocycles. The molecule has 0 spiro atoms. The van der Waals surface area contributed by atoms with Gasteiger partial charge in [-0.25, -0.2) is 4.98 Å². The van der Waals surface area contributed by atoms with Crippen LogP contribution < -0.4 is 0 Å². The van der Waals surface area contributed by atoms with Crippen LogP contribution >= 0.6 is 30.3 Å². The third-order valence-corrected chi connectivity index (χ3v) is 6.18. The van der Waals surface area contributed by atoms with Crippen molar-refractivity contribution < 1.29 is 4.79 Å². The molecule has 2 aromatic carbocycles. The Hall–Kier alpha value is -2.31. The average Bonchev–Trinajstić information content (AvgIpc) is 3.24. The molecule has 0 aliphatic carbocycles. The molecule has 4 rings (SSSR count). The molecule has 0 bridgehead atoms. The number of aryl methyl sites for hydroxylation is 2. The van der Waals surface area contributed by atoms with Gasteiger partial charge in [-0.05, 0) is 49.2 Å². The molecule has 1 N–H and O–H groups in total. The summed E-state index contributed by atoms with van der Waals surface area (Å²) in [5, 5.41) is 9.97. The first-order chi connectivity index (χ1) is 12.5. The fourth-order valence-corrected chi connectivity index (χ4v) is 4.75. The van der Waals surface area contributed by atoms with Crippen molar-refractivity contribution in [1.82, 2.24) is 13.9 Å². The lowest BCUT2D eigenvalue weighted by Gasteiger charge is -2.09. The molecule has 0 aliphatic rings. The van der Waals surface area contributed by atoms with Crippen LogP contribution in [0.25, 0.3) is 21.9 Å². The minimum Gasteiger partial charge on any atom is -0.335 e. The van der Waals surface area contributed by atoms with Crippen molar-refractivity contribution in [3.05, 3.63) is 64.6 Å². The zero-order chi connectivity index (χ0) is 18.4. The first-order valence-electron chi connectivity index (χ1n) is 7.88. The number of carbonyl (C=O) groups is 1. The lowest BCUT2D eigenvalue weighted by Crippen LogP contribution is -2.07. The van der Waals surface area contributed by atoms with E-state index in [1.54, 1.807) is 27.3 Å². The predicted molar refractivity (Wildman–Crippen MR) is 113 cm³/mol. The average molecular weight is 472 g/mol. The van der Waals surface area contributed by atoms with E-state index in [0.29, 0.717) is 28.0 Å².